The van der Waals surface area contributed by atoms with Crippen LogP contribution in [0.2, 0.25) is 0 Å². The average Bonchev–Trinajstić information content (AvgIpc) is 3.15. The minimum absolute atomic E-state index is 0.0803. The predicted molar refractivity (Wildman–Crippen MR) is 84.5 cm³/mol. The van der Waals surface area contributed by atoms with Crippen LogP contribution in [-0.2, 0) is 10.3 Å². The summed E-state index contributed by atoms with van der Waals surface area (Å²) in [7, 11) is 1.40. The van der Waals surface area contributed by atoms with E-state index >= 15 is 0 Å². The highest BCUT2D eigenvalue weighted by molar-refractivity contribution is 6.04. The number of benzene rings is 1. The number of nitrogen functional groups attached to an aromatic ring is 1. The van der Waals surface area contributed by atoms with Gasteiger partial charge in [0.25, 0.3) is 0 Å². The summed E-state index contributed by atoms with van der Waals surface area (Å²) in [6, 6.07) is 7.36. The van der Waals surface area contributed by atoms with E-state index in [9.17, 15) is 4.79 Å². The van der Waals surface area contributed by atoms with Gasteiger partial charge in [0, 0.05) is 11.1 Å². The first-order valence-corrected chi connectivity index (χ1v) is 7.65. The van der Waals surface area contributed by atoms with E-state index in [0.717, 1.165) is 41.9 Å². The number of fused-ring (bicyclic) bond motifs is 3. The number of carbonyl (C=O) groups excluding carboxylic acids is 1. The number of nitrogens with two attached hydrogens (primary N) is 1. The lowest BCUT2D eigenvalue weighted by Crippen LogP contribution is -2.38. The third-order valence-electron chi connectivity index (χ3n) is 5.07. The molecule has 0 radical (unpaired) electrons. The molecule has 114 valence electrons. The van der Waals surface area contributed by atoms with Crippen LogP contribution in [-0.4, -0.2) is 24.6 Å². The van der Waals surface area contributed by atoms with Crippen LogP contribution in [0, 0.1) is 5.92 Å². The van der Waals surface area contributed by atoms with Crippen LogP contribution in [0.3, 0.4) is 0 Å². The highest BCUT2D eigenvalue weighted by atomic mass is 16.5. The largest absolute Gasteiger partial charge is 0.465 e. The highest BCUT2D eigenvalue weighted by Crippen LogP contribution is 2.46. The van der Waals surface area contributed by atoms with Gasteiger partial charge >= 0.3 is 5.97 Å². The van der Waals surface area contributed by atoms with Crippen LogP contribution in [0.1, 0.15) is 35.3 Å². The second-order valence-corrected chi connectivity index (χ2v) is 6.40. The van der Waals surface area contributed by atoms with Crippen molar-refractivity contribution < 1.29 is 9.53 Å². The molecule has 3 N–H and O–H groups in total. The first-order valence-electron chi connectivity index (χ1n) is 7.65. The number of carbonyl (C=O) groups is 1. The molecular weight excluding hydrogens is 278 g/mol. The minimum atomic E-state index is -0.344. The summed E-state index contributed by atoms with van der Waals surface area (Å²) in [6.07, 6.45) is 3.40. The molecule has 0 amide bonds. The van der Waals surface area contributed by atoms with Gasteiger partial charge in [-0.15, -0.1) is 0 Å². The number of hydrogen-bond acceptors (Lipinski definition) is 5. The Hall–Kier alpha value is -2.14. The van der Waals surface area contributed by atoms with Gasteiger partial charge in [-0.2, -0.15) is 0 Å². The molecular formula is C17H19N3O2. The summed E-state index contributed by atoms with van der Waals surface area (Å²) < 4.78 is 4.95. The van der Waals surface area contributed by atoms with E-state index in [1.54, 1.807) is 6.07 Å². The van der Waals surface area contributed by atoms with Crippen molar-refractivity contribution in [3.63, 3.8) is 0 Å². The van der Waals surface area contributed by atoms with Crippen molar-refractivity contribution >= 4 is 22.6 Å². The molecule has 1 aromatic heterocycles. The number of pyridine rings is 1. The first kappa shape index (κ1) is 13.5. The number of aromatic nitrogens is 1. The Morgan fingerprint density at radius 3 is 2.95 bits per heavy atom. The lowest BCUT2D eigenvalue weighted by Gasteiger charge is -2.28. The molecule has 1 aliphatic heterocycles. The van der Waals surface area contributed by atoms with Gasteiger partial charge in [0.1, 0.15) is 0 Å². The fourth-order valence-corrected chi connectivity index (χ4v) is 3.91. The maximum Gasteiger partial charge on any atom is 0.338 e. The summed E-state index contributed by atoms with van der Waals surface area (Å²) in [4.78, 5) is 17.0. The number of nitrogens with zero attached hydrogens (tertiary/aromatic N) is 1. The van der Waals surface area contributed by atoms with Crippen molar-refractivity contribution in [2.75, 3.05) is 19.4 Å². The smallest absolute Gasteiger partial charge is 0.338 e. The third kappa shape index (κ3) is 1.89. The normalized spacial score (nSPS) is 26.5. The number of ether oxygens (including phenoxy) is 1. The molecule has 0 spiro atoms. The molecule has 1 saturated carbocycles. The third-order valence-corrected chi connectivity index (χ3v) is 5.07. The molecule has 1 aliphatic carbocycles. The van der Waals surface area contributed by atoms with Crippen LogP contribution >= 0.6 is 0 Å². The Bertz CT molecular complexity index is 764. The highest BCUT2D eigenvalue weighted by Gasteiger charge is 2.47. The van der Waals surface area contributed by atoms with Crippen molar-refractivity contribution in [2.24, 2.45) is 5.92 Å². The van der Waals surface area contributed by atoms with E-state index < -0.39 is 0 Å². The molecule has 2 bridgehead atoms. The Labute approximate surface area is 128 Å². The summed E-state index contributed by atoms with van der Waals surface area (Å²) in [5.41, 5.74) is 8.68. The second kappa shape index (κ2) is 4.68. The Kier molecular flexibility index (Phi) is 2.87. The van der Waals surface area contributed by atoms with Crippen molar-refractivity contribution in [1.29, 1.82) is 0 Å². The zero-order chi connectivity index (χ0) is 15.3. The maximum atomic E-state index is 12.2. The molecule has 2 aliphatic rings. The van der Waals surface area contributed by atoms with E-state index in [2.05, 4.69) is 5.32 Å². The molecule has 2 heterocycles. The molecule has 1 saturated heterocycles. The Morgan fingerprint density at radius 2 is 2.32 bits per heavy atom. The molecule has 22 heavy (non-hydrogen) atoms. The van der Waals surface area contributed by atoms with Crippen LogP contribution < -0.4 is 11.1 Å². The topological polar surface area (TPSA) is 77.2 Å². The average molecular weight is 297 g/mol. The van der Waals surface area contributed by atoms with E-state index in [4.69, 9.17) is 15.5 Å². The monoisotopic (exact) mass is 297 g/mol. The van der Waals surface area contributed by atoms with Gasteiger partial charge in [-0.05, 0) is 56.0 Å². The molecule has 2 fully saturated rings. The van der Waals surface area contributed by atoms with Gasteiger partial charge in [-0.3, -0.25) is 4.98 Å². The number of methoxy groups -OCH3 is 1. The van der Waals surface area contributed by atoms with Gasteiger partial charge in [-0.1, -0.05) is 0 Å². The van der Waals surface area contributed by atoms with Crippen LogP contribution in [0.25, 0.3) is 10.9 Å². The number of piperidine rings is 1. The summed E-state index contributed by atoms with van der Waals surface area (Å²) in [6.45, 7) is 1.04. The zero-order valence-electron chi connectivity index (χ0n) is 12.6. The lowest BCUT2D eigenvalue weighted by atomic mass is 9.91. The fraction of sp³-hybridized carbons (Fsp3) is 0.412. The van der Waals surface area contributed by atoms with E-state index in [1.165, 1.54) is 13.5 Å². The zero-order valence-corrected chi connectivity index (χ0v) is 12.6. The summed E-state index contributed by atoms with van der Waals surface area (Å²) in [5, 5.41) is 4.36. The predicted octanol–water partition coefficient (Wildman–Crippen LogP) is 2.20. The van der Waals surface area contributed by atoms with Crippen molar-refractivity contribution in [1.82, 2.24) is 10.3 Å². The number of hydrogen-bond donors (Lipinski definition) is 2. The summed E-state index contributed by atoms with van der Waals surface area (Å²) >= 11 is 0. The SMILES string of the molecule is COC(=O)c1cc(C23CCC(CN2)C3)nc2ccc(N)cc12. The van der Waals surface area contributed by atoms with E-state index in [1.807, 2.05) is 18.2 Å². The molecule has 2 unspecified atom stereocenters. The lowest BCUT2D eigenvalue weighted by molar-refractivity contribution is 0.0602. The second-order valence-electron chi connectivity index (χ2n) is 6.40. The van der Waals surface area contributed by atoms with Crippen LogP contribution in [0.15, 0.2) is 24.3 Å². The van der Waals surface area contributed by atoms with Gasteiger partial charge < -0.3 is 15.8 Å². The molecule has 2 aromatic rings. The van der Waals surface area contributed by atoms with Gasteiger partial charge in [0.2, 0.25) is 0 Å². The van der Waals surface area contributed by atoms with Crippen LogP contribution in [0.4, 0.5) is 5.69 Å². The molecule has 4 rings (SSSR count). The minimum Gasteiger partial charge on any atom is -0.465 e. The van der Waals surface area contributed by atoms with Crippen molar-refractivity contribution in [3.8, 4) is 0 Å². The molecule has 5 nitrogen and oxygen atoms in total. The summed E-state index contributed by atoms with van der Waals surface area (Å²) in [5.74, 6) is 0.383. The number of nitrogens with one attached hydrogen (secondary N) is 1. The maximum absolute atomic E-state index is 12.2. The van der Waals surface area contributed by atoms with Gasteiger partial charge in [-0.25, -0.2) is 4.79 Å². The number of esters is 1. The number of rotatable bonds is 2. The Balaban J connectivity index is 1.94. The standard InChI is InChI=1S/C17H19N3O2/c1-22-16(21)13-7-15(17-5-4-10(8-17)9-19-17)20-14-3-2-11(18)6-12(13)14/h2-3,6-7,10,19H,4-5,8-9,18H2,1H3. The quantitative estimate of drug-likeness (QED) is 0.656. The van der Waals surface area contributed by atoms with E-state index in [-0.39, 0.29) is 11.5 Å². The first-order chi connectivity index (χ1) is 10.6. The van der Waals surface area contributed by atoms with Gasteiger partial charge in [0.05, 0.1) is 29.4 Å². The Morgan fingerprint density at radius 1 is 1.45 bits per heavy atom. The molecule has 2 atom stereocenters. The van der Waals surface area contributed by atoms with E-state index in [0.29, 0.717) is 11.3 Å². The van der Waals surface area contributed by atoms with Crippen molar-refractivity contribution in [2.45, 2.75) is 24.8 Å². The molecule has 1 aromatic carbocycles. The van der Waals surface area contributed by atoms with Crippen molar-refractivity contribution in [3.05, 3.63) is 35.5 Å². The molecule has 5 heteroatoms. The number of anilines is 1. The van der Waals surface area contributed by atoms with Crippen LogP contribution in [0.5, 0.6) is 0 Å². The van der Waals surface area contributed by atoms with Gasteiger partial charge in [0.15, 0.2) is 0 Å². The fourth-order valence-electron chi connectivity index (χ4n) is 3.91.